The second-order valence-corrected chi connectivity index (χ2v) is 6.96. The predicted molar refractivity (Wildman–Crippen MR) is 104 cm³/mol. The highest BCUT2D eigenvalue weighted by Crippen LogP contribution is 2.44. The van der Waals surface area contributed by atoms with Crippen molar-refractivity contribution in [2.24, 2.45) is 11.8 Å². The first kappa shape index (κ1) is 21.7. The monoisotopic (exact) mass is 348 g/mol. The van der Waals surface area contributed by atoms with Gasteiger partial charge in [0.1, 0.15) is 0 Å². The molecule has 1 saturated carbocycles. The summed E-state index contributed by atoms with van der Waals surface area (Å²) in [6.07, 6.45) is 22.8. The highest BCUT2D eigenvalue weighted by molar-refractivity contribution is 5.69. The summed E-state index contributed by atoms with van der Waals surface area (Å²) in [4.78, 5) is 11.0. The molecule has 3 heteroatoms. The Morgan fingerprint density at radius 2 is 1.88 bits per heavy atom. The van der Waals surface area contributed by atoms with Gasteiger partial charge in [0.05, 0.1) is 13.2 Å². The van der Waals surface area contributed by atoms with E-state index in [1.807, 2.05) is 12.2 Å². The Morgan fingerprint density at radius 1 is 1.12 bits per heavy atom. The average molecular weight is 349 g/mol. The van der Waals surface area contributed by atoms with E-state index in [1.165, 1.54) is 32.8 Å². The quantitative estimate of drug-likeness (QED) is 0.261. The molecule has 3 atom stereocenters. The van der Waals surface area contributed by atoms with Crippen LogP contribution in [0, 0.1) is 11.8 Å². The second kappa shape index (κ2) is 13.9. The summed E-state index contributed by atoms with van der Waals surface area (Å²) in [5.74, 6) is 0.961. The van der Waals surface area contributed by atoms with Gasteiger partial charge in [-0.25, -0.2) is 0 Å². The fourth-order valence-corrected chi connectivity index (χ4v) is 2.98. The van der Waals surface area contributed by atoms with Gasteiger partial charge in [-0.05, 0) is 56.8 Å². The fraction of sp³-hybridized carbons (Fsp3) is 0.682. The largest absolute Gasteiger partial charge is 0.469 e. The molecule has 1 aliphatic rings. The van der Waals surface area contributed by atoms with E-state index in [9.17, 15) is 9.90 Å². The van der Waals surface area contributed by atoms with E-state index in [0.717, 1.165) is 32.1 Å². The van der Waals surface area contributed by atoms with Crippen molar-refractivity contribution in [2.45, 2.75) is 77.2 Å². The number of ether oxygens (including phenoxy) is 1. The Morgan fingerprint density at radius 3 is 2.64 bits per heavy atom. The molecule has 0 heterocycles. The minimum Gasteiger partial charge on any atom is -0.469 e. The van der Waals surface area contributed by atoms with Crippen LogP contribution in [0.25, 0.3) is 0 Å². The first-order valence-electron chi connectivity index (χ1n) is 9.90. The maximum atomic E-state index is 11.0. The van der Waals surface area contributed by atoms with Crippen molar-refractivity contribution in [2.75, 3.05) is 7.11 Å². The van der Waals surface area contributed by atoms with Crippen LogP contribution in [0.1, 0.15) is 71.1 Å². The number of hydrogen-bond acceptors (Lipinski definition) is 3. The van der Waals surface area contributed by atoms with E-state index in [2.05, 4.69) is 36.0 Å². The van der Waals surface area contributed by atoms with E-state index in [0.29, 0.717) is 18.3 Å². The van der Waals surface area contributed by atoms with Crippen LogP contribution in [-0.2, 0) is 9.53 Å². The number of methoxy groups -OCH3 is 1. The minimum atomic E-state index is -0.300. The number of rotatable bonds is 14. The van der Waals surface area contributed by atoms with Crippen molar-refractivity contribution in [1.82, 2.24) is 0 Å². The number of esters is 1. The molecule has 2 unspecified atom stereocenters. The lowest BCUT2D eigenvalue weighted by atomic mass is 10.1. The zero-order chi connectivity index (χ0) is 18.3. The zero-order valence-electron chi connectivity index (χ0n) is 16.0. The van der Waals surface area contributed by atoms with E-state index in [1.54, 1.807) is 0 Å². The van der Waals surface area contributed by atoms with E-state index >= 15 is 0 Å². The maximum Gasteiger partial charge on any atom is 0.305 e. The third-order valence-electron chi connectivity index (χ3n) is 4.75. The number of allylic oxidation sites excluding steroid dienone is 5. The molecule has 0 amide bonds. The van der Waals surface area contributed by atoms with Gasteiger partial charge >= 0.3 is 5.97 Å². The normalized spacial score (nSPS) is 21.4. The number of aliphatic hydroxyl groups excluding tert-OH is 1. The molecule has 0 aromatic rings. The molecule has 0 aliphatic heterocycles. The van der Waals surface area contributed by atoms with E-state index in [4.69, 9.17) is 0 Å². The van der Waals surface area contributed by atoms with Gasteiger partial charge in [-0.3, -0.25) is 4.79 Å². The summed E-state index contributed by atoms with van der Waals surface area (Å²) in [6.45, 7) is 2.23. The Labute approximate surface area is 153 Å². The second-order valence-electron chi connectivity index (χ2n) is 6.96. The minimum absolute atomic E-state index is 0.147. The lowest BCUT2D eigenvalue weighted by Gasteiger charge is -2.03. The van der Waals surface area contributed by atoms with E-state index < -0.39 is 0 Å². The summed E-state index contributed by atoms with van der Waals surface area (Å²) in [5.41, 5.74) is 0. The molecule has 0 saturated heterocycles. The molecule has 0 aromatic carbocycles. The first-order valence-corrected chi connectivity index (χ1v) is 9.90. The molecule has 1 fully saturated rings. The summed E-state index contributed by atoms with van der Waals surface area (Å²) in [6, 6.07) is 0. The van der Waals surface area contributed by atoms with Crippen LogP contribution in [0.2, 0.25) is 0 Å². The maximum absolute atomic E-state index is 11.0. The zero-order valence-corrected chi connectivity index (χ0v) is 16.0. The Bertz CT molecular complexity index is 437. The summed E-state index contributed by atoms with van der Waals surface area (Å²) >= 11 is 0. The van der Waals surface area contributed by atoms with Crippen molar-refractivity contribution in [3.05, 3.63) is 36.5 Å². The van der Waals surface area contributed by atoms with Gasteiger partial charge in [-0.15, -0.1) is 0 Å². The van der Waals surface area contributed by atoms with Crippen molar-refractivity contribution < 1.29 is 14.6 Å². The molecule has 0 bridgehead atoms. The Balaban J connectivity index is 2.04. The van der Waals surface area contributed by atoms with Crippen molar-refractivity contribution in [3.8, 4) is 0 Å². The molecular weight excluding hydrogens is 312 g/mol. The van der Waals surface area contributed by atoms with Crippen molar-refractivity contribution in [1.29, 1.82) is 0 Å². The Hall–Kier alpha value is -1.35. The van der Waals surface area contributed by atoms with Crippen molar-refractivity contribution >= 4 is 5.97 Å². The summed E-state index contributed by atoms with van der Waals surface area (Å²) in [5, 5.41) is 10.2. The highest BCUT2D eigenvalue weighted by Gasteiger charge is 2.40. The summed E-state index contributed by atoms with van der Waals surface area (Å²) in [7, 11) is 1.42. The molecular formula is C22H36O3. The van der Waals surface area contributed by atoms with Crippen LogP contribution < -0.4 is 0 Å². The molecule has 3 nitrogen and oxygen atoms in total. The molecule has 0 aromatic heterocycles. The summed E-state index contributed by atoms with van der Waals surface area (Å²) < 4.78 is 4.60. The van der Waals surface area contributed by atoms with Crippen LogP contribution in [0.5, 0.6) is 0 Å². The molecule has 142 valence electrons. The molecule has 1 N–H and O–H groups in total. The van der Waals surface area contributed by atoms with Crippen molar-refractivity contribution in [3.63, 3.8) is 0 Å². The number of hydrogen-bond donors (Lipinski definition) is 1. The molecule has 0 radical (unpaired) electrons. The van der Waals surface area contributed by atoms with Gasteiger partial charge in [0, 0.05) is 6.42 Å². The highest BCUT2D eigenvalue weighted by atomic mass is 16.5. The molecule has 1 rings (SSSR count). The SMILES string of the molecule is CCCCC/C=C\CC1CC1[C@@H](O)/C=C\C/C=C\CCCC(=O)OC. The van der Waals surface area contributed by atoms with Gasteiger partial charge in [-0.2, -0.15) is 0 Å². The lowest BCUT2D eigenvalue weighted by molar-refractivity contribution is -0.140. The third-order valence-corrected chi connectivity index (χ3v) is 4.75. The number of carbonyl (C=O) groups excluding carboxylic acids is 1. The third kappa shape index (κ3) is 11.0. The van der Waals surface area contributed by atoms with Crippen LogP contribution in [0.15, 0.2) is 36.5 Å². The van der Waals surface area contributed by atoms with Gasteiger partial charge < -0.3 is 9.84 Å². The van der Waals surface area contributed by atoms with E-state index in [-0.39, 0.29) is 12.1 Å². The van der Waals surface area contributed by atoms with Gasteiger partial charge in [-0.1, -0.05) is 56.2 Å². The van der Waals surface area contributed by atoms with Crippen LogP contribution in [0.3, 0.4) is 0 Å². The van der Waals surface area contributed by atoms with Crippen LogP contribution in [0.4, 0.5) is 0 Å². The Kier molecular flexibility index (Phi) is 12.0. The van der Waals surface area contributed by atoms with Gasteiger partial charge in [0.15, 0.2) is 0 Å². The van der Waals surface area contributed by atoms with Gasteiger partial charge in [0.25, 0.3) is 0 Å². The number of aliphatic hydroxyl groups is 1. The standard InChI is InChI=1S/C22H36O3/c1-3-4-5-6-9-12-15-19-18-20(19)21(23)16-13-10-7-8-11-14-17-22(24)25-2/h7-9,12-13,16,19-21,23H,3-6,10-11,14-15,17-18H2,1-2H3/b8-7-,12-9-,16-13-/t19?,20?,21-/m0/s1. The number of unbranched alkanes of at least 4 members (excludes halogenated alkanes) is 4. The molecule has 0 spiro atoms. The smallest absolute Gasteiger partial charge is 0.305 e. The fourth-order valence-electron chi connectivity index (χ4n) is 2.98. The van der Waals surface area contributed by atoms with Gasteiger partial charge in [0.2, 0.25) is 0 Å². The topological polar surface area (TPSA) is 46.5 Å². The van der Waals surface area contributed by atoms with Crippen LogP contribution in [-0.4, -0.2) is 24.3 Å². The average Bonchev–Trinajstić information content (AvgIpc) is 3.39. The van der Waals surface area contributed by atoms with Crippen LogP contribution >= 0.6 is 0 Å². The first-order chi connectivity index (χ1) is 12.2. The number of carbonyl (C=O) groups is 1. The lowest BCUT2D eigenvalue weighted by Crippen LogP contribution is -2.06. The molecule has 1 aliphatic carbocycles. The molecule has 25 heavy (non-hydrogen) atoms. The predicted octanol–water partition coefficient (Wildman–Crippen LogP) is 5.36.